The van der Waals surface area contributed by atoms with Crippen LogP contribution in [0.25, 0.3) is 96.6 Å². The number of benzene rings is 9. The number of hydrogen-bond donors (Lipinski definition) is 0. The van der Waals surface area contributed by atoms with Crippen molar-refractivity contribution < 1.29 is 0 Å². The minimum atomic E-state index is 1.23. The third kappa shape index (κ3) is 4.07. The summed E-state index contributed by atoms with van der Waals surface area (Å²) >= 11 is 1.90. The van der Waals surface area contributed by atoms with E-state index >= 15 is 0 Å². The minimum absolute atomic E-state index is 1.23. The van der Waals surface area contributed by atoms with Crippen LogP contribution in [0.1, 0.15) is 0 Å². The van der Waals surface area contributed by atoms with Gasteiger partial charge in [-0.1, -0.05) is 152 Å². The minimum Gasteiger partial charge on any atom is -0.135 e. The number of thiophene rings is 1. The maximum Gasteiger partial charge on any atom is 0.0434 e. The Hall–Kier alpha value is -5.76. The van der Waals surface area contributed by atoms with Gasteiger partial charge in [0.25, 0.3) is 0 Å². The average Bonchev–Trinajstić information content (AvgIpc) is 3.53. The topological polar surface area (TPSA) is 0 Å². The molecule has 1 heterocycles. The van der Waals surface area contributed by atoms with Gasteiger partial charge in [0.05, 0.1) is 0 Å². The van der Waals surface area contributed by atoms with Gasteiger partial charge in [0.1, 0.15) is 0 Å². The zero-order chi connectivity index (χ0) is 30.9. The molecule has 10 rings (SSSR count). The molecular weight excluding hydrogens is 585 g/mol. The maximum absolute atomic E-state index is 2.37. The van der Waals surface area contributed by atoms with Crippen molar-refractivity contribution in [2.24, 2.45) is 0 Å². The summed E-state index contributed by atoms with van der Waals surface area (Å²) < 4.78 is 2.70. The molecule has 218 valence electrons. The van der Waals surface area contributed by atoms with Crippen molar-refractivity contribution in [3.05, 3.63) is 170 Å². The Kier molecular flexibility index (Phi) is 5.85. The fourth-order valence-electron chi connectivity index (χ4n) is 7.71. The zero-order valence-electron chi connectivity index (χ0n) is 25.6. The van der Waals surface area contributed by atoms with Gasteiger partial charge in [0, 0.05) is 25.6 Å². The van der Waals surface area contributed by atoms with Crippen LogP contribution in [0.5, 0.6) is 0 Å². The van der Waals surface area contributed by atoms with Gasteiger partial charge in [0.2, 0.25) is 0 Å². The molecule has 0 saturated carbocycles. The molecule has 0 nitrogen and oxygen atoms in total. The van der Waals surface area contributed by atoms with E-state index in [0.717, 1.165) is 0 Å². The monoisotopic (exact) mass is 612 g/mol. The van der Waals surface area contributed by atoms with E-state index in [1.165, 1.54) is 96.6 Å². The van der Waals surface area contributed by atoms with Crippen molar-refractivity contribution in [2.45, 2.75) is 0 Å². The molecule has 0 atom stereocenters. The van der Waals surface area contributed by atoms with E-state index < -0.39 is 0 Å². The smallest absolute Gasteiger partial charge is 0.0434 e. The van der Waals surface area contributed by atoms with E-state index in [0.29, 0.717) is 0 Å². The summed E-state index contributed by atoms with van der Waals surface area (Å²) in [5, 5.41) is 12.9. The maximum atomic E-state index is 2.37. The molecule has 0 N–H and O–H groups in total. The predicted molar refractivity (Wildman–Crippen MR) is 206 cm³/mol. The number of fused-ring (bicyclic) bond motifs is 8. The fourth-order valence-corrected chi connectivity index (χ4v) is 8.94. The van der Waals surface area contributed by atoms with Gasteiger partial charge >= 0.3 is 0 Å². The molecule has 9 aromatic carbocycles. The molecule has 0 saturated heterocycles. The van der Waals surface area contributed by atoms with Crippen LogP contribution < -0.4 is 0 Å². The van der Waals surface area contributed by atoms with E-state index in [2.05, 4.69) is 170 Å². The molecule has 0 unspecified atom stereocenters. The van der Waals surface area contributed by atoms with Crippen molar-refractivity contribution >= 4 is 74.6 Å². The van der Waals surface area contributed by atoms with Crippen molar-refractivity contribution in [1.29, 1.82) is 0 Å². The fraction of sp³-hybridized carbons (Fsp3) is 0. The summed E-state index contributed by atoms with van der Waals surface area (Å²) in [6, 6.07) is 62.7. The third-order valence-electron chi connectivity index (χ3n) is 9.84. The second kappa shape index (κ2) is 10.4. The lowest BCUT2D eigenvalue weighted by Gasteiger charge is -2.19. The molecule has 0 radical (unpaired) electrons. The molecule has 1 aromatic heterocycles. The van der Waals surface area contributed by atoms with Gasteiger partial charge in [-0.15, -0.1) is 11.3 Å². The highest BCUT2D eigenvalue weighted by molar-refractivity contribution is 7.26. The summed E-state index contributed by atoms with van der Waals surface area (Å²) in [7, 11) is 0. The zero-order valence-corrected chi connectivity index (χ0v) is 26.4. The van der Waals surface area contributed by atoms with Crippen LogP contribution >= 0.6 is 11.3 Å². The second-order valence-electron chi connectivity index (χ2n) is 12.4. The van der Waals surface area contributed by atoms with E-state index in [4.69, 9.17) is 0 Å². The first-order valence-electron chi connectivity index (χ1n) is 16.2. The van der Waals surface area contributed by atoms with E-state index in [9.17, 15) is 0 Å². The average molecular weight is 613 g/mol. The van der Waals surface area contributed by atoms with Crippen molar-refractivity contribution in [3.8, 4) is 33.4 Å². The Balaban J connectivity index is 1.24. The Bertz CT molecular complexity index is 2800. The van der Waals surface area contributed by atoms with Gasteiger partial charge in [-0.25, -0.2) is 0 Å². The molecule has 0 spiro atoms. The Labute approximate surface area is 276 Å². The third-order valence-corrected chi connectivity index (χ3v) is 11.1. The van der Waals surface area contributed by atoms with Gasteiger partial charge in [-0.3, -0.25) is 0 Å². The van der Waals surface area contributed by atoms with E-state index in [1.54, 1.807) is 0 Å². The first kappa shape index (κ1) is 26.5. The van der Waals surface area contributed by atoms with Crippen LogP contribution in [0.4, 0.5) is 0 Å². The van der Waals surface area contributed by atoms with Crippen molar-refractivity contribution in [1.82, 2.24) is 0 Å². The molecule has 0 fully saturated rings. The summed E-state index contributed by atoms with van der Waals surface area (Å²) in [5.41, 5.74) is 7.57. The first-order chi connectivity index (χ1) is 23.3. The van der Waals surface area contributed by atoms with Crippen molar-refractivity contribution in [2.75, 3.05) is 0 Å². The van der Waals surface area contributed by atoms with Crippen LogP contribution in [-0.4, -0.2) is 0 Å². The summed E-state index contributed by atoms with van der Waals surface area (Å²) in [4.78, 5) is 0. The lowest BCUT2D eigenvalue weighted by Crippen LogP contribution is -1.92. The van der Waals surface area contributed by atoms with E-state index in [1.807, 2.05) is 11.3 Å². The lowest BCUT2D eigenvalue weighted by molar-refractivity contribution is 1.63. The predicted octanol–water partition coefficient (Wildman–Crippen LogP) is 13.7. The van der Waals surface area contributed by atoms with Crippen LogP contribution in [-0.2, 0) is 0 Å². The summed E-state index contributed by atoms with van der Waals surface area (Å²) in [6.45, 7) is 0. The Morgan fingerprint density at radius 1 is 0.298 bits per heavy atom. The highest BCUT2D eigenvalue weighted by Crippen LogP contribution is 2.47. The number of rotatable bonds is 3. The second-order valence-corrected chi connectivity index (χ2v) is 13.5. The van der Waals surface area contributed by atoms with Gasteiger partial charge in [0.15, 0.2) is 0 Å². The molecule has 0 aliphatic rings. The highest BCUT2D eigenvalue weighted by atomic mass is 32.1. The first-order valence-corrected chi connectivity index (χ1v) is 17.0. The van der Waals surface area contributed by atoms with Gasteiger partial charge < -0.3 is 0 Å². The van der Waals surface area contributed by atoms with Crippen LogP contribution in [0.3, 0.4) is 0 Å². The quantitative estimate of drug-likeness (QED) is 0.174. The highest BCUT2D eigenvalue weighted by Gasteiger charge is 2.19. The molecule has 0 amide bonds. The summed E-state index contributed by atoms with van der Waals surface area (Å²) in [5.74, 6) is 0. The summed E-state index contributed by atoms with van der Waals surface area (Å²) in [6.07, 6.45) is 0. The molecule has 0 aliphatic heterocycles. The number of hydrogen-bond acceptors (Lipinski definition) is 1. The standard InChI is InChI=1S/C46H28S/c1-2-12-30-27-32(24-23-29(30)11-1)31-13-9-14-33(28-31)44-37-16-3-5-18-39(37)45(40-19-6-4-17-38(40)44)36-20-10-21-41-34(36)25-26-42-35-15-7-8-22-43(35)47-46(41)42/h1-28H. The Morgan fingerprint density at radius 3 is 1.64 bits per heavy atom. The molecule has 0 aliphatic carbocycles. The molecule has 47 heavy (non-hydrogen) atoms. The normalized spacial score (nSPS) is 11.8. The van der Waals surface area contributed by atoms with Gasteiger partial charge in [-0.05, 0) is 89.3 Å². The van der Waals surface area contributed by atoms with E-state index in [-0.39, 0.29) is 0 Å². The van der Waals surface area contributed by atoms with Crippen LogP contribution in [0.15, 0.2) is 170 Å². The molecular formula is C46H28S. The van der Waals surface area contributed by atoms with Crippen LogP contribution in [0, 0.1) is 0 Å². The molecule has 0 bridgehead atoms. The SMILES string of the molecule is c1cc(-c2ccc3ccccc3c2)cc(-c2c3ccccc3c(-c3cccc4c3ccc3c5ccccc5sc43)c3ccccc23)c1. The van der Waals surface area contributed by atoms with Gasteiger partial charge in [-0.2, -0.15) is 0 Å². The molecule has 1 heteroatoms. The molecule has 10 aromatic rings. The van der Waals surface area contributed by atoms with Crippen LogP contribution in [0.2, 0.25) is 0 Å². The van der Waals surface area contributed by atoms with Crippen molar-refractivity contribution in [3.63, 3.8) is 0 Å². The Morgan fingerprint density at radius 2 is 0.851 bits per heavy atom. The lowest BCUT2D eigenvalue weighted by atomic mass is 9.84. The largest absolute Gasteiger partial charge is 0.135 e.